The Kier molecular flexibility index (Phi) is 3.16. The van der Waals surface area contributed by atoms with Gasteiger partial charge in [-0.1, -0.05) is 12.2 Å². The Morgan fingerprint density at radius 2 is 2.47 bits per heavy atom. The van der Waals surface area contributed by atoms with E-state index < -0.39 is 0 Å². The summed E-state index contributed by atoms with van der Waals surface area (Å²) in [5.41, 5.74) is 0.957. The molecule has 0 aromatic carbocycles. The first-order chi connectivity index (χ1) is 7.25. The lowest BCUT2D eigenvalue weighted by atomic mass is 9.94. The van der Waals surface area contributed by atoms with Crippen molar-refractivity contribution in [2.24, 2.45) is 5.92 Å². The first kappa shape index (κ1) is 10.4. The number of carbonyl (C=O) groups is 1. The van der Waals surface area contributed by atoms with Gasteiger partial charge in [-0.25, -0.2) is 4.98 Å². The van der Waals surface area contributed by atoms with Gasteiger partial charge in [0.2, 0.25) is 5.91 Å². The van der Waals surface area contributed by atoms with Gasteiger partial charge in [-0.2, -0.15) is 0 Å². The number of hydrogen-bond donors (Lipinski definition) is 1. The van der Waals surface area contributed by atoms with Crippen LogP contribution in [-0.2, 0) is 4.79 Å². The van der Waals surface area contributed by atoms with E-state index >= 15 is 0 Å². The van der Waals surface area contributed by atoms with E-state index in [4.69, 9.17) is 0 Å². The number of nitrogens with zero attached hydrogens (tertiary/aromatic N) is 1. The Morgan fingerprint density at radius 1 is 1.60 bits per heavy atom. The van der Waals surface area contributed by atoms with Crippen molar-refractivity contribution in [3.8, 4) is 0 Å². The summed E-state index contributed by atoms with van der Waals surface area (Å²) in [6.07, 6.45) is 7.04. The number of carbonyl (C=O) groups excluding carboxylic acids is 1. The zero-order valence-electron chi connectivity index (χ0n) is 8.69. The highest BCUT2D eigenvalue weighted by atomic mass is 32.1. The second kappa shape index (κ2) is 4.57. The number of amides is 1. The van der Waals surface area contributed by atoms with Gasteiger partial charge >= 0.3 is 0 Å². The fourth-order valence-corrected chi connectivity index (χ4v) is 2.34. The molecule has 1 aliphatic carbocycles. The molecule has 1 amide bonds. The van der Waals surface area contributed by atoms with Crippen LogP contribution in [-0.4, -0.2) is 10.9 Å². The van der Waals surface area contributed by atoms with Crippen LogP contribution in [0.4, 0.5) is 5.13 Å². The van der Waals surface area contributed by atoms with E-state index in [2.05, 4.69) is 22.5 Å². The van der Waals surface area contributed by atoms with Crippen LogP contribution in [0.1, 0.15) is 25.0 Å². The number of anilines is 1. The van der Waals surface area contributed by atoms with Gasteiger partial charge < -0.3 is 5.32 Å². The zero-order valence-corrected chi connectivity index (χ0v) is 9.51. The van der Waals surface area contributed by atoms with Crippen LogP contribution >= 0.6 is 11.3 Å². The Hall–Kier alpha value is -1.16. The quantitative estimate of drug-likeness (QED) is 0.782. The SMILES string of the molecule is Cc1csc(NC(=O)C2CC=CCC2)n1. The van der Waals surface area contributed by atoms with Gasteiger partial charge in [-0.15, -0.1) is 11.3 Å². The molecule has 3 nitrogen and oxygen atoms in total. The molecule has 0 aliphatic heterocycles. The highest BCUT2D eigenvalue weighted by molar-refractivity contribution is 7.13. The molecule has 1 aliphatic rings. The molecule has 1 aromatic rings. The molecular weight excluding hydrogens is 208 g/mol. The summed E-state index contributed by atoms with van der Waals surface area (Å²) in [4.78, 5) is 16.0. The average Bonchev–Trinajstić information content (AvgIpc) is 2.65. The number of allylic oxidation sites excluding steroid dienone is 2. The molecule has 1 unspecified atom stereocenters. The Morgan fingerprint density at radius 3 is 3.07 bits per heavy atom. The number of nitrogens with one attached hydrogen (secondary N) is 1. The van der Waals surface area contributed by atoms with Crippen LogP contribution in [0.3, 0.4) is 0 Å². The van der Waals surface area contributed by atoms with Gasteiger partial charge in [0.25, 0.3) is 0 Å². The van der Waals surface area contributed by atoms with Crippen molar-refractivity contribution in [2.45, 2.75) is 26.2 Å². The van der Waals surface area contributed by atoms with Gasteiger partial charge in [0.1, 0.15) is 0 Å². The Labute approximate surface area is 93.2 Å². The lowest BCUT2D eigenvalue weighted by molar-refractivity contribution is -0.120. The maximum atomic E-state index is 11.8. The normalized spacial score (nSPS) is 20.2. The molecule has 1 atom stereocenters. The molecule has 0 radical (unpaired) electrons. The van der Waals surface area contributed by atoms with E-state index in [0.29, 0.717) is 5.13 Å². The second-order valence-electron chi connectivity index (χ2n) is 3.76. The van der Waals surface area contributed by atoms with Crippen molar-refractivity contribution in [3.05, 3.63) is 23.2 Å². The summed E-state index contributed by atoms with van der Waals surface area (Å²) in [5, 5.41) is 5.52. The molecule has 0 bridgehead atoms. The van der Waals surface area contributed by atoms with Gasteiger partial charge in [-0.3, -0.25) is 4.79 Å². The van der Waals surface area contributed by atoms with Crippen LogP contribution in [0.15, 0.2) is 17.5 Å². The predicted octanol–water partition coefficient (Wildman–Crippen LogP) is 2.75. The molecule has 0 saturated carbocycles. The minimum atomic E-state index is 0.105. The van der Waals surface area contributed by atoms with Crippen molar-refractivity contribution >= 4 is 22.4 Å². The first-order valence-electron chi connectivity index (χ1n) is 5.13. The molecule has 0 fully saturated rings. The third kappa shape index (κ3) is 2.65. The van der Waals surface area contributed by atoms with Crippen LogP contribution in [0, 0.1) is 12.8 Å². The van der Waals surface area contributed by atoms with E-state index in [9.17, 15) is 4.79 Å². The van der Waals surface area contributed by atoms with Gasteiger partial charge in [-0.05, 0) is 26.2 Å². The lowest BCUT2D eigenvalue weighted by Gasteiger charge is -2.15. The van der Waals surface area contributed by atoms with Crippen LogP contribution in [0.5, 0.6) is 0 Å². The number of aromatic nitrogens is 1. The number of rotatable bonds is 2. The summed E-state index contributed by atoms with van der Waals surface area (Å²) in [7, 11) is 0. The van der Waals surface area contributed by atoms with E-state index in [-0.39, 0.29) is 11.8 Å². The lowest BCUT2D eigenvalue weighted by Crippen LogP contribution is -2.23. The molecule has 1 aromatic heterocycles. The monoisotopic (exact) mass is 222 g/mol. The minimum Gasteiger partial charge on any atom is -0.302 e. The average molecular weight is 222 g/mol. The first-order valence-corrected chi connectivity index (χ1v) is 6.01. The van der Waals surface area contributed by atoms with Crippen LogP contribution in [0.25, 0.3) is 0 Å². The summed E-state index contributed by atoms with van der Waals surface area (Å²) in [6, 6.07) is 0. The molecule has 80 valence electrons. The van der Waals surface area contributed by atoms with E-state index in [1.165, 1.54) is 11.3 Å². The number of hydrogen-bond acceptors (Lipinski definition) is 3. The molecule has 0 spiro atoms. The third-order valence-corrected chi connectivity index (χ3v) is 3.36. The van der Waals surface area contributed by atoms with E-state index in [1.807, 2.05) is 12.3 Å². The van der Waals surface area contributed by atoms with Crippen molar-refractivity contribution in [1.82, 2.24) is 4.98 Å². The van der Waals surface area contributed by atoms with Gasteiger partial charge in [0.05, 0.1) is 5.69 Å². The molecule has 15 heavy (non-hydrogen) atoms. The molecule has 1 heterocycles. The van der Waals surface area contributed by atoms with Crippen LogP contribution in [0.2, 0.25) is 0 Å². The Bertz CT molecular complexity index is 384. The summed E-state index contributed by atoms with van der Waals surface area (Å²) >= 11 is 1.48. The van der Waals surface area contributed by atoms with Crippen molar-refractivity contribution in [2.75, 3.05) is 5.32 Å². The Balaban J connectivity index is 1.94. The highest BCUT2D eigenvalue weighted by Gasteiger charge is 2.19. The van der Waals surface area contributed by atoms with Gasteiger partial charge in [0.15, 0.2) is 5.13 Å². The maximum absolute atomic E-state index is 11.8. The molecule has 2 rings (SSSR count). The van der Waals surface area contributed by atoms with Crippen molar-refractivity contribution < 1.29 is 4.79 Å². The molecule has 1 N–H and O–H groups in total. The summed E-state index contributed by atoms with van der Waals surface area (Å²) in [5.74, 6) is 0.230. The summed E-state index contributed by atoms with van der Waals surface area (Å²) in [6.45, 7) is 1.93. The topological polar surface area (TPSA) is 42.0 Å². The van der Waals surface area contributed by atoms with Gasteiger partial charge in [0, 0.05) is 11.3 Å². The molecular formula is C11H14N2OS. The highest BCUT2D eigenvalue weighted by Crippen LogP contribution is 2.21. The molecule has 4 heteroatoms. The zero-order chi connectivity index (χ0) is 10.7. The number of aryl methyl sites for hydroxylation is 1. The van der Waals surface area contributed by atoms with Crippen molar-refractivity contribution in [1.29, 1.82) is 0 Å². The second-order valence-corrected chi connectivity index (χ2v) is 4.62. The standard InChI is InChI=1S/C11H14N2OS/c1-8-7-15-11(12-8)13-10(14)9-5-3-2-4-6-9/h2-3,7,9H,4-6H2,1H3,(H,12,13,14). The van der Waals surface area contributed by atoms with Crippen LogP contribution < -0.4 is 5.32 Å². The maximum Gasteiger partial charge on any atom is 0.229 e. The predicted molar refractivity (Wildman–Crippen MR) is 62.0 cm³/mol. The van der Waals surface area contributed by atoms with Crippen molar-refractivity contribution in [3.63, 3.8) is 0 Å². The fourth-order valence-electron chi connectivity index (χ4n) is 1.65. The largest absolute Gasteiger partial charge is 0.302 e. The minimum absolute atomic E-state index is 0.105. The van der Waals surface area contributed by atoms with E-state index in [0.717, 1.165) is 25.0 Å². The van der Waals surface area contributed by atoms with E-state index in [1.54, 1.807) is 0 Å². The third-order valence-electron chi connectivity index (χ3n) is 2.49. The smallest absolute Gasteiger partial charge is 0.229 e. The number of thiazole rings is 1. The fraction of sp³-hybridized carbons (Fsp3) is 0.455. The molecule has 0 saturated heterocycles. The summed E-state index contributed by atoms with van der Waals surface area (Å²) < 4.78 is 0.